The van der Waals surface area contributed by atoms with Crippen LogP contribution in [-0.4, -0.2) is 20.7 Å². The van der Waals surface area contributed by atoms with Gasteiger partial charge in [-0.1, -0.05) is 78.0 Å². The number of nitrogens with one attached hydrogen (secondary N) is 1. The molecule has 0 saturated carbocycles. The van der Waals surface area contributed by atoms with E-state index < -0.39 is 0 Å². The highest BCUT2D eigenvalue weighted by Gasteiger charge is 2.15. The Hall–Kier alpha value is -2.61. The molecule has 0 aliphatic rings. The summed E-state index contributed by atoms with van der Waals surface area (Å²) in [5.74, 6) is 1.39. The Morgan fingerprint density at radius 3 is 2.61 bits per heavy atom. The maximum atomic E-state index is 12.3. The van der Waals surface area contributed by atoms with E-state index in [2.05, 4.69) is 32.2 Å². The average molecular weight is 469 g/mol. The van der Waals surface area contributed by atoms with Crippen molar-refractivity contribution in [2.45, 2.75) is 30.4 Å². The summed E-state index contributed by atoms with van der Waals surface area (Å²) in [6, 6.07) is 21.9. The quantitative estimate of drug-likeness (QED) is 0.343. The van der Waals surface area contributed by atoms with Crippen LogP contribution in [0.1, 0.15) is 21.8 Å². The zero-order valence-electron chi connectivity index (χ0n) is 16.7. The maximum Gasteiger partial charge on any atom is 0.225 e. The fraction of sp³-hybridized carbons (Fsp3) is 0.174. The number of rotatable bonds is 9. The van der Waals surface area contributed by atoms with Crippen molar-refractivity contribution in [3.63, 3.8) is 0 Å². The van der Waals surface area contributed by atoms with Crippen molar-refractivity contribution in [2.24, 2.45) is 0 Å². The summed E-state index contributed by atoms with van der Waals surface area (Å²) in [4.78, 5) is 13.4. The Morgan fingerprint density at radius 2 is 1.84 bits per heavy atom. The molecule has 5 nitrogen and oxygen atoms in total. The number of hydrogen-bond acceptors (Lipinski definition) is 5. The standard InChI is InChI=1S/C23H21ClN4OS2/c24-20-11-5-4-9-18(20)16-31-23-27-26-21(28(23)15-17-7-2-1-3-8-17)14-25-22(29)13-19-10-6-12-30-19/h1-12H,13-16H2,(H,25,29). The molecule has 2 heterocycles. The van der Waals surface area contributed by atoms with E-state index in [1.807, 2.05) is 60.0 Å². The lowest BCUT2D eigenvalue weighted by atomic mass is 10.2. The van der Waals surface area contributed by atoms with Crippen molar-refractivity contribution in [3.05, 3.63) is 99.0 Å². The fourth-order valence-corrected chi connectivity index (χ4v) is 5.00. The lowest BCUT2D eigenvalue weighted by Crippen LogP contribution is -2.26. The van der Waals surface area contributed by atoms with Crippen molar-refractivity contribution in [3.8, 4) is 0 Å². The van der Waals surface area contributed by atoms with Crippen LogP contribution in [0.25, 0.3) is 0 Å². The van der Waals surface area contributed by atoms with E-state index in [0.29, 0.717) is 25.3 Å². The molecule has 0 aliphatic heterocycles. The highest BCUT2D eigenvalue weighted by Crippen LogP contribution is 2.26. The zero-order valence-corrected chi connectivity index (χ0v) is 19.1. The van der Waals surface area contributed by atoms with E-state index in [-0.39, 0.29) is 5.91 Å². The minimum Gasteiger partial charge on any atom is -0.348 e. The Kier molecular flexibility index (Phi) is 7.40. The Bertz CT molecular complexity index is 1130. The number of thioether (sulfide) groups is 1. The summed E-state index contributed by atoms with van der Waals surface area (Å²) >= 11 is 9.47. The van der Waals surface area contributed by atoms with E-state index in [4.69, 9.17) is 11.6 Å². The second-order valence-electron chi connectivity index (χ2n) is 6.88. The van der Waals surface area contributed by atoms with Crippen molar-refractivity contribution in [1.29, 1.82) is 0 Å². The third-order valence-electron chi connectivity index (χ3n) is 4.65. The molecule has 31 heavy (non-hydrogen) atoms. The number of hydrogen-bond donors (Lipinski definition) is 1. The van der Waals surface area contributed by atoms with Gasteiger partial charge >= 0.3 is 0 Å². The van der Waals surface area contributed by atoms with E-state index in [0.717, 1.165) is 32.0 Å². The van der Waals surface area contributed by atoms with Gasteiger partial charge < -0.3 is 9.88 Å². The van der Waals surface area contributed by atoms with Crippen LogP contribution in [0.15, 0.2) is 77.3 Å². The molecule has 4 aromatic rings. The van der Waals surface area contributed by atoms with Crippen LogP contribution in [-0.2, 0) is 30.1 Å². The number of halogens is 1. The predicted molar refractivity (Wildman–Crippen MR) is 126 cm³/mol. The fourth-order valence-electron chi connectivity index (χ4n) is 3.05. The average Bonchev–Trinajstić information content (AvgIpc) is 3.42. The third-order valence-corrected chi connectivity index (χ3v) is 6.91. The SMILES string of the molecule is O=C(Cc1cccs1)NCc1nnc(SCc2ccccc2Cl)n1Cc1ccccc1. The highest BCUT2D eigenvalue weighted by atomic mass is 35.5. The first kappa shape index (κ1) is 21.6. The molecular formula is C23H21ClN4OS2. The highest BCUT2D eigenvalue weighted by molar-refractivity contribution is 7.98. The van der Waals surface area contributed by atoms with Crippen LogP contribution in [0.5, 0.6) is 0 Å². The first-order valence-electron chi connectivity index (χ1n) is 9.80. The molecule has 0 spiro atoms. The summed E-state index contributed by atoms with van der Waals surface area (Å²) in [6.07, 6.45) is 0.374. The Morgan fingerprint density at radius 1 is 1.03 bits per heavy atom. The first-order valence-corrected chi connectivity index (χ1v) is 12.0. The van der Waals surface area contributed by atoms with Gasteiger partial charge in [0.15, 0.2) is 11.0 Å². The van der Waals surface area contributed by atoms with Gasteiger partial charge in [0.05, 0.1) is 19.5 Å². The van der Waals surface area contributed by atoms with E-state index >= 15 is 0 Å². The van der Waals surface area contributed by atoms with Crippen LogP contribution < -0.4 is 5.32 Å². The molecule has 0 atom stereocenters. The molecule has 2 aromatic heterocycles. The molecule has 0 radical (unpaired) electrons. The van der Waals surface area contributed by atoms with Crippen molar-refractivity contribution < 1.29 is 4.79 Å². The van der Waals surface area contributed by atoms with Gasteiger partial charge in [-0.25, -0.2) is 0 Å². The predicted octanol–water partition coefficient (Wildman–Crippen LogP) is 5.19. The van der Waals surface area contributed by atoms with Crippen LogP contribution in [0, 0.1) is 0 Å². The molecule has 158 valence electrons. The minimum absolute atomic E-state index is 0.0259. The van der Waals surface area contributed by atoms with Gasteiger partial charge in [-0.3, -0.25) is 4.79 Å². The van der Waals surface area contributed by atoms with Gasteiger partial charge in [-0.2, -0.15) is 0 Å². The van der Waals surface area contributed by atoms with Crippen molar-refractivity contribution >= 4 is 40.6 Å². The summed E-state index contributed by atoms with van der Waals surface area (Å²) in [7, 11) is 0. The summed E-state index contributed by atoms with van der Waals surface area (Å²) < 4.78 is 2.06. The van der Waals surface area contributed by atoms with Gasteiger partial charge in [-0.05, 0) is 28.6 Å². The van der Waals surface area contributed by atoms with Crippen LogP contribution in [0.2, 0.25) is 5.02 Å². The third kappa shape index (κ3) is 5.97. The molecule has 0 bridgehead atoms. The van der Waals surface area contributed by atoms with Gasteiger partial charge in [-0.15, -0.1) is 21.5 Å². The zero-order chi connectivity index (χ0) is 21.5. The molecule has 1 amide bonds. The molecule has 1 N–H and O–H groups in total. The van der Waals surface area contributed by atoms with Gasteiger partial charge in [0.1, 0.15) is 0 Å². The molecule has 0 saturated heterocycles. The van der Waals surface area contributed by atoms with Crippen LogP contribution >= 0.6 is 34.7 Å². The Labute approximate surface area is 194 Å². The first-order chi connectivity index (χ1) is 15.2. The van der Waals surface area contributed by atoms with Gasteiger partial charge in [0, 0.05) is 15.7 Å². The number of carbonyl (C=O) groups is 1. The number of amides is 1. The number of benzene rings is 2. The lowest BCUT2D eigenvalue weighted by Gasteiger charge is -2.11. The number of thiophene rings is 1. The van der Waals surface area contributed by atoms with E-state index in [1.54, 1.807) is 23.1 Å². The maximum absolute atomic E-state index is 12.3. The number of nitrogens with zero attached hydrogens (tertiary/aromatic N) is 3. The Balaban J connectivity index is 1.48. The van der Waals surface area contributed by atoms with Crippen LogP contribution in [0.3, 0.4) is 0 Å². The molecule has 2 aromatic carbocycles. The lowest BCUT2D eigenvalue weighted by molar-refractivity contribution is -0.120. The summed E-state index contributed by atoms with van der Waals surface area (Å²) in [5, 5.41) is 15.2. The molecule has 0 unspecified atom stereocenters. The normalized spacial score (nSPS) is 10.9. The van der Waals surface area contributed by atoms with Gasteiger partial charge in [0.25, 0.3) is 0 Å². The van der Waals surface area contributed by atoms with E-state index in [1.165, 1.54) is 0 Å². The number of aromatic nitrogens is 3. The van der Waals surface area contributed by atoms with Crippen LogP contribution in [0.4, 0.5) is 0 Å². The smallest absolute Gasteiger partial charge is 0.225 e. The minimum atomic E-state index is -0.0259. The summed E-state index contributed by atoms with van der Waals surface area (Å²) in [5.41, 5.74) is 2.20. The molecule has 0 fully saturated rings. The monoisotopic (exact) mass is 468 g/mol. The largest absolute Gasteiger partial charge is 0.348 e. The summed E-state index contributed by atoms with van der Waals surface area (Å²) in [6.45, 7) is 0.964. The number of carbonyl (C=O) groups excluding carboxylic acids is 1. The topological polar surface area (TPSA) is 59.8 Å². The second kappa shape index (κ2) is 10.6. The van der Waals surface area contributed by atoms with E-state index in [9.17, 15) is 4.79 Å². The molecule has 0 aliphatic carbocycles. The van der Waals surface area contributed by atoms with Gasteiger partial charge in [0.2, 0.25) is 5.91 Å². The van der Waals surface area contributed by atoms with Crippen molar-refractivity contribution in [2.75, 3.05) is 0 Å². The molecular weight excluding hydrogens is 448 g/mol. The van der Waals surface area contributed by atoms with Crippen molar-refractivity contribution in [1.82, 2.24) is 20.1 Å². The second-order valence-corrected chi connectivity index (χ2v) is 9.27. The molecule has 4 rings (SSSR count). The molecule has 8 heteroatoms.